The number of aryl methyl sites for hydroxylation is 2. The molecule has 0 spiro atoms. The van der Waals surface area contributed by atoms with E-state index in [1.165, 1.54) is 0 Å². The zero-order valence-corrected chi connectivity index (χ0v) is 11.8. The lowest BCUT2D eigenvalue weighted by Gasteiger charge is -2.09. The van der Waals surface area contributed by atoms with Gasteiger partial charge in [0.25, 0.3) is 0 Å². The summed E-state index contributed by atoms with van der Waals surface area (Å²) in [6.45, 7) is 6.76. The van der Waals surface area contributed by atoms with Gasteiger partial charge in [0.15, 0.2) is 0 Å². The molecule has 0 saturated heterocycles. The Hall–Kier alpha value is -2.11. The van der Waals surface area contributed by atoms with Crippen LogP contribution in [0.5, 0.6) is 0 Å². The Morgan fingerprint density at radius 1 is 1.37 bits per heavy atom. The van der Waals surface area contributed by atoms with E-state index in [-0.39, 0.29) is 5.92 Å². The molecule has 19 heavy (non-hydrogen) atoms. The lowest BCUT2D eigenvalue weighted by atomic mass is 10.2. The number of nitrogen functional groups attached to an aromatic ring is 1. The van der Waals surface area contributed by atoms with Crippen molar-refractivity contribution in [2.45, 2.75) is 33.2 Å². The first-order valence-corrected chi connectivity index (χ1v) is 6.33. The van der Waals surface area contributed by atoms with Crippen molar-refractivity contribution in [1.29, 1.82) is 0 Å². The largest absolute Gasteiger partial charge is 0.384 e. The standard InChI is InChI=1S/C13H20N6/c1-8(2)13-16-11(14)5-12(17-13)15-6-10-7-19(4)18-9(10)3/h5,7-8H,6H2,1-4H3,(H3,14,15,16,17). The molecule has 0 aliphatic rings. The van der Waals surface area contributed by atoms with Crippen LogP contribution in [-0.2, 0) is 13.6 Å². The van der Waals surface area contributed by atoms with Gasteiger partial charge in [0.05, 0.1) is 5.69 Å². The summed E-state index contributed by atoms with van der Waals surface area (Å²) >= 11 is 0. The molecule has 0 amide bonds. The number of anilines is 2. The summed E-state index contributed by atoms with van der Waals surface area (Å²) in [5, 5.41) is 7.57. The zero-order valence-electron chi connectivity index (χ0n) is 11.8. The topological polar surface area (TPSA) is 81.7 Å². The molecule has 0 fully saturated rings. The lowest BCUT2D eigenvalue weighted by molar-refractivity contribution is 0.756. The Kier molecular flexibility index (Phi) is 3.69. The second-order valence-corrected chi connectivity index (χ2v) is 4.96. The zero-order chi connectivity index (χ0) is 14.0. The van der Waals surface area contributed by atoms with Crippen LogP contribution < -0.4 is 11.1 Å². The highest BCUT2D eigenvalue weighted by atomic mass is 15.3. The molecular formula is C13H20N6. The monoisotopic (exact) mass is 260 g/mol. The van der Waals surface area contributed by atoms with Gasteiger partial charge in [0.1, 0.15) is 17.5 Å². The first kappa shape index (κ1) is 13.3. The van der Waals surface area contributed by atoms with Gasteiger partial charge in [-0.1, -0.05) is 13.8 Å². The SMILES string of the molecule is Cc1nn(C)cc1CNc1cc(N)nc(C(C)C)n1. The molecule has 0 radical (unpaired) electrons. The highest BCUT2D eigenvalue weighted by Crippen LogP contribution is 2.16. The van der Waals surface area contributed by atoms with Gasteiger partial charge >= 0.3 is 0 Å². The molecule has 0 aromatic carbocycles. The summed E-state index contributed by atoms with van der Waals surface area (Å²) in [5.41, 5.74) is 7.95. The van der Waals surface area contributed by atoms with E-state index >= 15 is 0 Å². The van der Waals surface area contributed by atoms with Crippen molar-refractivity contribution in [1.82, 2.24) is 19.7 Å². The van der Waals surface area contributed by atoms with E-state index in [4.69, 9.17) is 5.73 Å². The Morgan fingerprint density at radius 2 is 2.11 bits per heavy atom. The van der Waals surface area contributed by atoms with Crippen LogP contribution in [0.2, 0.25) is 0 Å². The molecule has 3 N–H and O–H groups in total. The second kappa shape index (κ2) is 5.26. The van der Waals surface area contributed by atoms with Crippen LogP contribution in [-0.4, -0.2) is 19.7 Å². The van der Waals surface area contributed by atoms with E-state index < -0.39 is 0 Å². The van der Waals surface area contributed by atoms with Gasteiger partial charge in [-0.3, -0.25) is 4.68 Å². The van der Waals surface area contributed by atoms with Gasteiger partial charge in [-0.15, -0.1) is 0 Å². The number of hydrogen-bond acceptors (Lipinski definition) is 5. The molecule has 0 aliphatic carbocycles. The normalized spacial score (nSPS) is 11.0. The van der Waals surface area contributed by atoms with Crippen molar-refractivity contribution >= 4 is 11.6 Å². The average Bonchev–Trinajstić information content (AvgIpc) is 2.64. The molecular weight excluding hydrogens is 240 g/mol. The van der Waals surface area contributed by atoms with Crippen molar-refractivity contribution < 1.29 is 0 Å². The highest BCUT2D eigenvalue weighted by Gasteiger charge is 2.08. The van der Waals surface area contributed by atoms with Crippen LogP contribution in [0.4, 0.5) is 11.6 Å². The van der Waals surface area contributed by atoms with E-state index in [0.29, 0.717) is 12.4 Å². The summed E-state index contributed by atoms with van der Waals surface area (Å²) in [6.07, 6.45) is 2.00. The smallest absolute Gasteiger partial charge is 0.135 e. The molecule has 2 rings (SSSR count). The first-order chi connectivity index (χ1) is 8.95. The Morgan fingerprint density at radius 3 is 2.68 bits per heavy atom. The van der Waals surface area contributed by atoms with Gasteiger partial charge in [-0.25, -0.2) is 9.97 Å². The molecule has 0 saturated carbocycles. The van der Waals surface area contributed by atoms with Crippen LogP contribution in [0.15, 0.2) is 12.3 Å². The first-order valence-electron chi connectivity index (χ1n) is 6.33. The van der Waals surface area contributed by atoms with Gasteiger partial charge in [-0.05, 0) is 6.92 Å². The minimum Gasteiger partial charge on any atom is -0.384 e. The van der Waals surface area contributed by atoms with Crippen molar-refractivity contribution in [3.05, 3.63) is 29.3 Å². The summed E-state index contributed by atoms with van der Waals surface area (Å²) in [4.78, 5) is 8.68. The average molecular weight is 260 g/mol. The number of hydrogen-bond donors (Lipinski definition) is 2. The van der Waals surface area contributed by atoms with E-state index in [9.17, 15) is 0 Å². The molecule has 0 atom stereocenters. The summed E-state index contributed by atoms with van der Waals surface area (Å²) in [6, 6.07) is 1.75. The maximum Gasteiger partial charge on any atom is 0.135 e. The Bertz CT molecular complexity index is 573. The number of nitrogens with zero attached hydrogens (tertiary/aromatic N) is 4. The van der Waals surface area contributed by atoms with Crippen molar-refractivity contribution in [2.75, 3.05) is 11.1 Å². The minimum absolute atomic E-state index is 0.254. The third-order valence-corrected chi connectivity index (χ3v) is 2.85. The maximum atomic E-state index is 5.79. The number of nitrogens with two attached hydrogens (primary N) is 1. The predicted octanol–water partition coefficient (Wildman–Crippen LogP) is 1.84. The predicted molar refractivity (Wildman–Crippen MR) is 75.8 cm³/mol. The third kappa shape index (κ3) is 3.21. The van der Waals surface area contributed by atoms with Crippen LogP contribution in [0.3, 0.4) is 0 Å². The molecule has 2 heterocycles. The van der Waals surface area contributed by atoms with Gasteiger partial charge in [0, 0.05) is 37.3 Å². The van der Waals surface area contributed by atoms with E-state index in [1.54, 1.807) is 10.7 Å². The molecule has 102 valence electrons. The van der Waals surface area contributed by atoms with Crippen LogP contribution in [0.1, 0.15) is 36.8 Å². The molecule has 6 heteroatoms. The van der Waals surface area contributed by atoms with Crippen LogP contribution in [0.25, 0.3) is 0 Å². The van der Waals surface area contributed by atoms with Crippen molar-refractivity contribution in [3.8, 4) is 0 Å². The lowest BCUT2D eigenvalue weighted by Crippen LogP contribution is -2.07. The Labute approximate surface area is 113 Å². The van der Waals surface area contributed by atoms with Crippen LogP contribution in [0, 0.1) is 6.92 Å². The quantitative estimate of drug-likeness (QED) is 0.876. The summed E-state index contributed by atoms with van der Waals surface area (Å²) in [5.74, 6) is 2.25. The molecule has 0 unspecified atom stereocenters. The number of nitrogens with one attached hydrogen (secondary N) is 1. The third-order valence-electron chi connectivity index (χ3n) is 2.85. The summed E-state index contributed by atoms with van der Waals surface area (Å²) in [7, 11) is 1.91. The highest BCUT2D eigenvalue weighted by molar-refractivity contribution is 5.45. The van der Waals surface area contributed by atoms with E-state index in [1.807, 2.05) is 34.0 Å². The summed E-state index contributed by atoms with van der Waals surface area (Å²) < 4.78 is 1.81. The van der Waals surface area contributed by atoms with Gasteiger partial charge in [-0.2, -0.15) is 5.10 Å². The number of rotatable bonds is 4. The molecule has 6 nitrogen and oxygen atoms in total. The van der Waals surface area contributed by atoms with Crippen molar-refractivity contribution in [3.63, 3.8) is 0 Å². The Balaban J connectivity index is 2.13. The molecule has 0 bridgehead atoms. The minimum atomic E-state index is 0.254. The fraction of sp³-hybridized carbons (Fsp3) is 0.462. The van der Waals surface area contributed by atoms with E-state index in [0.717, 1.165) is 22.9 Å². The maximum absolute atomic E-state index is 5.79. The second-order valence-electron chi connectivity index (χ2n) is 4.96. The molecule has 2 aromatic heterocycles. The van der Waals surface area contributed by atoms with E-state index in [2.05, 4.69) is 20.4 Å². The van der Waals surface area contributed by atoms with Crippen LogP contribution >= 0.6 is 0 Å². The van der Waals surface area contributed by atoms with Gasteiger partial charge < -0.3 is 11.1 Å². The molecule has 0 aliphatic heterocycles. The number of aromatic nitrogens is 4. The van der Waals surface area contributed by atoms with Crippen molar-refractivity contribution in [2.24, 2.45) is 7.05 Å². The van der Waals surface area contributed by atoms with Gasteiger partial charge in [0.2, 0.25) is 0 Å². The fourth-order valence-electron chi connectivity index (χ4n) is 1.84. The fourth-order valence-corrected chi connectivity index (χ4v) is 1.84. The molecule has 2 aromatic rings.